The molecule has 0 unspecified atom stereocenters. The highest BCUT2D eigenvalue weighted by Crippen LogP contribution is 2.45. The predicted molar refractivity (Wildman–Crippen MR) is 174 cm³/mol. The number of ether oxygens (including phenoxy) is 4. The standard InChI is InChI=1S/C33H37ClN4O8/c1-8-38(9-2)27(39)16-24-33(42)35-22-15-23(36-32(41)21-14-26(43-5)29(44-6)30(45-7)28(21)34)25(13-20(22)31(40)37-24)46-19-11-17(3)10-18(4)12-19/h10-15,24H,8-9,16H2,1-7H3,(H,35,42)(H,36,41)(H,37,40)/t24-/m0/s1/i1D3,2D3,5D3,6D3,7D3,8D2,9D2. The fraction of sp³-hybridized carbons (Fsp3) is 0.333. The molecule has 0 spiro atoms. The number of rotatable bonds is 11. The van der Waals surface area contributed by atoms with Gasteiger partial charge in [-0.2, -0.15) is 0 Å². The number of methoxy groups -OCH3 is 3. The number of hydrogen-bond donors (Lipinski definition) is 3. The van der Waals surface area contributed by atoms with Gasteiger partial charge in [0.1, 0.15) is 11.8 Å². The summed E-state index contributed by atoms with van der Waals surface area (Å²) in [6.45, 7) is -12.2. The second kappa shape index (κ2) is 14.4. The molecule has 3 N–H and O–H groups in total. The Hall–Kier alpha value is -4.97. The van der Waals surface area contributed by atoms with Crippen LogP contribution >= 0.6 is 11.6 Å². The zero-order valence-corrected chi connectivity index (χ0v) is 24.6. The first-order valence-corrected chi connectivity index (χ1v) is 13.2. The molecule has 0 aromatic heterocycles. The maximum atomic E-state index is 14.1. The number of fused-ring (bicyclic) bond motifs is 1. The van der Waals surface area contributed by atoms with Crippen molar-refractivity contribution >= 4 is 46.6 Å². The second-order valence-electron chi connectivity index (χ2n) is 9.65. The molecule has 0 fully saturated rings. The van der Waals surface area contributed by atoms with Gasteiger partial charge in [-0.25, -0.2) is 0 Å². The summed E-state index contributed by atoms with van der Waals surface area (Å²) in [4.78, 5) is 54.5. The molecular formula is C33H37ClN4O8. The summed E-state index contributed by atoms with van der Waals surface area (Å²) in [6, 6.07) is 5.30. The van der Waals surface area contributed by atoms with Crippen molar-refractivity contribution in [3.63, 3.8) is 0 Å². The van der Waals surface area contributed by atoms with Crippen molar-refractivity contribution in [2.24, 2.45) is 0 Å². The molecule has 3 aromatic carbocycles. The number of carbonyl (C=O) groups is 4. The van der Waals surface area contributed by atoms with Crippen LogP contribution in [0.25, 0.3) is 0 Å². The monoisotopic (exact) mass is 671 g/mol. The number of nitrogens with one attached hydrogen (secondary N) is 3. The van der Waals surface area contributed by atoms with E-state index in [4.69, 9.17) is 56.6 Å². The SMILES string of the molecule is [2H]C([2H])([2H])Oc1cc(C(=O)Nc2cc3c(cc2Oc2cc(C)cc(C)c2)C(=O)N[C@@H](CC(=O)N(C([2H])([2H])C([2H])([2H])[2H])C([2H])([2H])C([2H])([2H])[2H])C(=O)N3)c(Cl)c(OC([2H])([2H])[2H])c1OC([2H])([2H])[2H]. The summed E-state index contributed by atoms with van der Waals surface area (Å²) >= 11 is 6.44. The number of nitrogens with zero attached hydrogens (tertiary/aromatic N) is 1. The number of aryl methyl sites for hydroxylation is 2. The fourth-order valence-corrected chi connectivity index (χ4v) is 4.73. The van der Waals surface area contributed by atoms with Gasteiger partial charge in [0.25, 0.3) is 11.8 Å². The van der Waals surface area contributed by atoms with E-state index in [0.717, 1.165) is 12.1 Å². The van der Waals surface area contributed by atoms with E-state index < -0.39 is 134 Å². The highest BCUT2D eigenvalue weighted by Gasteiger charge is 2.32. The minimum atomic E-state index is -3.98. The van der Waals surface area contributed by atoms with E-state index in [1.807, 2.05) is 0 Å². The van der Waals surface area contributed by atoms with Crippen molar-refractivity contribution in [2.45, 2.75) is 40.0 Å². The molecule has 244 valence electrons. The Labute approximate surface area is 299 Å². The van der Waals surface area contributed by atoms with Gasteiger partial charge in [0.05, 0.1) is 67.4 Å². The predicted octanol–water partition coefficient (Wildman–Crippen LogP) is 5.34. The Kier molecular flexibility index (Phi) is 5.19. The number of amides is 4. The molecule has 0 saturated carbocycles. The topological polar surface area (TPSA) is 145 Å². The molecule has 12 nitrogen and oxygen atoms in total. The number of benzene rings is 3. The summed E-state index contributed by atoms with van der Waals surface area (Å²) in [6.07, 6.45) is -1.40. The largest absolute Gasteiger partial charge is 0.493 e. The lowest BCUT2D eigenvalue weighted by molar-refractivity contribution is -0.133. The Bertz CT molecular complexity index is 2340. The van der Waals surface area contributed by atoms with E-state index in [1.165, 1.54) is 12.1 Å². The molecule has 0 bridgehead atoms. The zero-order chi connectivity index (χ0) is 49.8. The lowest BCUT2D eigenvalue weighted by Crippen LogP contribution is -2.45. The average molecular weight is 672 g/mol. The van der Waals surface area contributed by atoms with Gasteiger partial charge in [-0.3, -0.25) is 19.2 Å². The molecule has 0 saturated heterocycles. The van der Waals surface area contributed by atoms with Gasteiger partial charge < -0.3 is 39.8 Å². The minimum Gasteiger partial charge on any atom is -0.493 e. The maximum absolute atomic E-state index is 14.1. The molecule has 1 atom stereocenters. The number of carbonyl (C=O) groups excluding carboxylic acids is 4. The number of anilines is 2. The van der Waals surface area contributed by atoms with Crippen molar-refractivity contribution in [1.29, 1.82) is 0 Å². The smallest absolute Gasteiger partial charge is 0.257 e. The third-order valence-electron chi connectivity index (χ3n) is 6.47. The Morgan fingerprint density at radius 3 is 2.33 bits per heavy atom. The molecule has 13 heteroatoms. The van der Waals surface area contributed by atoms with Crippen LogP contribution < -0.4 is 34.9 Å². The molecular weight excluding hydrogens is 616 g/mol. The first-order valence-electron chi connectivity index (χ1n) is 22.4. The Morgan fingerprint density at radius 1 is 0.957 bits per heavy atom. The quantitative estimate of drug-likeness (QED) is 0.248. The highest BCUT2D eigenvalue weighted by atomic mass is 35.5. The van der Waals surface area contributed by atoms with Crippen molar-refractivity contribution in [1.82, 2.24) is 10.2 Å². The lowest BCUT2D eigenvalue weighted by atomic mass is 10.1. The van der Waals surface area contributed by atoms with Crippen LogP contribution in [-0.4, -0.2) is 68.7 Å². The maximum Gasteiger partial charge on any atom is 0.257 e. The van der Waals surface area contributed by atoms with Crippen LogP contribution in [0.1, 0.15) is 78.0 Å². The van der Waals surface area contributed by atoms with E-state index in [-0.39, 0.29) is 11.5 Å². The minimum absolute atomic E-state index is 0.109. The zero-order valence-electron chi connectivity index (χ0n) is 42.8. The average Bonchev–Trinajstić information content (AvgIpc) is 3.18. The molecule has 1 heterocycles. The number of hydrogen-bond acceptors (Lipinski definition) is 8. The molecule has 4 amide bonds. The molecule has 4 rings (SSSR count). The van der Waals surface area contributed by atoms with Crippen molar-refractivity contribution in [3.8, 4) is 28.7 Å². The van der Waals surface area contributed by atoms with Gasteiger partial charge >= 0.3 is 0 Å². The summed E-state index contributed by atoms with van der Waals surface area (Å²) in [5.41, 5.74) is -0.782. The molecule has 0 aliphatic carbocycles. The van der Waals surface area contributed by atoms with Crippen LogP contribution in [0.15, 0.2) is 36.4 Å². The van der Waals surface area contributed by atoms with Gasteiger partial charge in [0.15, 0.2) is 17.2 Å². The van der Waals surface area contributed by atoms with Crippen molar-refractivity contribution in [2.75, 3.05) is 44.7 Å². The van der Waals surface area contributed by atoms with Crippen LogP contribution in [0.2, 0.25) is 5.02 Å². The fourth-order valence-electron chi connectivity index (χ4n) is 4.47. The Balaban J connectivity index is 1.88. The third-order valence-corrected chi connectivity index (χ3v) is 6.84. The van der Waals surface area contributed by atoms with Gasteiger partial charge in [-0.05, 0) is 69.0 Å². The van der Waals surface area contributed by atoms with Crippen LogP contribution in [0.3, 0.4) is 0 Å². The molecule has 0 radical (unpaired) electrons. The molecule has 3 aromatic rings. The van der Waals surface area contributed by atoms with Gasteiger partial charge in [-0.1, -0.05) is 17.7 Å². The third kappa shape index (κ3) is 7.12. The van der Waals surface area contributed by atoms with Gasteiger partial charge in [0, 0.05) is 26.7 Å². The summed E-state index contributed by atoms with van der Waals surface area (Å²) in [5, 5.41) is 5.87. The Morgan fingerprint density at radius 2 is 1.65 bits per heavy atom. The van der Waals surface area contributed by atoms with Gasteiger partial charge in [0.2, 0.25) is 17.6 Å². The van der Waals surface area contributed by atoms with Gasteiger partial charge in [-0.15, -0.1) is 0 Å². The normalized spacial score (nSPS) is 22.0. The van der Waals surface area contributed by atoms with E-state index in [0.29, 0.717) is 17.2 Å². The molecule has 46 heavy (non-hydrogen) atoms. The molecule has 1 aliphatic heterocycles. The summed E-state index contributed by atoms with van der Waals surface area (Å²) in [7, 11) is -10.2. The van der Waals surface area contributed by atoms with E-state index in [1.54, 1.807) is 19.9 Å². The van der Waals surface area contributed by atoms with Crippen LogP contribution in [-0.2, 0) is 9.59 Å². The first kappa shape index (κ1) is 16.5. The van der Waals surface area contributed by atoms with Crippen molar-refractivity contribution in [3.05, 3.63) is 63.7 Å². The van der Waals surface area contributed by atoms with Crippen LogP contribution in [0.4, 0.5) is 11.4 Å². The van der Waals surface area contributed by atoms with Crippen LogP contribution in [0.5, 0.6) is 28.7 Å². The van der Waals surface area contributed by atoms with E-state index in [2.05, 4.69) is 16.0 Å². The summed E-state index contributed by atoms with van der Waals surface area (Å²) in [5.74, 6) is -9.27. The highest BCUT2D eigenvalue weighted by molar-refractivity contribution is 6.36. The lowest BCUT2D eigenvalue weighted by Gasteiger charge is -2.21. The summed E-state index contributed by atoms with van der Waals surface area (Å²) < 4.78 is 167. The second-order valence-corrected chi connectivity index (χ2v) is 10.0. The van der Waals surface area contributed by atoms with Crippen molar-refractivity contribution < 1.29 is 64.2 Å². The number of halogens is 1. The first-order chi connectivity index (χ1) is 29.2. The van der Waals surface area contributed by atoms with Crippen LogP contribution in [0, 0.1) is 13.8 Å². The molecule has 1 aliphatic rings. The van der Waals surface area contributed by atoms with E-state index in [9.17, 15) is 19.2 Å². The van der Waals surface area contributed by atoms with E-state index >= 15 is 0 Å².